The van der Waals surface area contributed by atoms with Crippen LogP contribution in [0.25, 0.3) is 0 Å². The fraction of sp³-hybridized carbons (Fsp3) is 0.364. The third-order valence-corrected chi connectivity index (χ3v) is 7.20. The van der Waals surface area contributed by atoms with Crippen molar-refractivity contribution in [2.24, 2.45) is 0 Å². The van der Waals surface area contributed by atoms with Gasteiger partial charge >= 0.3 is 0 Å². The molecule has 1 N–H and O–H groups in total. The Bertz CT molecular complexity index is 644. The number of rotatable bonds is 7. The first-order chi connectivity index (χ1) is 11.3. The summed E-state index contributed by atoms with van der Waals surface area (Å²) in [6.07, 6.45) is 2.99. The standard InChI is InChI=1S/C22H30OSi/c1-5-22(2,23)21(20-14-10-7-11-15-20)16-17-24(3,4)18-19-12-8-6-9-13-19/h6-17,21,23H,5,18H2,1-4H3/b17-16+/t21?,22-/m1/s1. The smallest absolute Gasteiger partial charge is 0.0756 e. The molecule has 0 saturated carbocycles. The van der Waals surface area contributed by atoms with Crippen LogP contribution in [0.3, 0.4) is 0 Å². The monoisotopic (exact) mass is 338 g/mol. The molecular weight excluding hydrogens is 308 g/mol. The van der Waals surface area contributed by atoms with E-state index >= 15 is 0 Å². The summed E-state index contributed by atoms with van der Waals surface area (Å²) < 4.78 is 0. The van der Waals surface area contributed by atoms with Gasteiger partial charge in [0, 0.05) is 5.92 Å². The summed E-state index contributed by atoms with van der Waals surface area (Å²) in [5.74, 6) is 0.0336. The van der Waals surface area contributed by atoms with E-state index in [0.29, 0.717) is 0 Å². The zero-order chi connectivity index (χ0) is 17.6. The van der Waals surface area contributed by atoms with E-state index in [0.717, 1.165) is 12.5 Å². The molecule has 0 amide bonds. The molecule has 0 aromatic heterocycles. The Labute approximate surface area is 148 Å². The molecule has 0 aliphatic heterocycles. The zero-order valence-corrected chi connectivity index (χ0v) is 16.4. The van der Waals surface area contributed by atoms with Gasteiger partial charge in [-0.05, 0) is 25.0 Å². The van der Waals surface area contributed by atoms with Crippen molar-refractivity contribution in [3.63, 3.8) is 0 Å². The lowest BCUT2D eigenvalue weighted by Gasteiger charge is -2.31. The van der Waals surface area contributed by atoms with Gasteiger partial charge in [0.15, 0.2) is 0 Å². The fourth-order valence-electron chi connectivity index (χ4n) is 3.10. The first kappa shape index (κ1) is 18.7. The highest BCUT2D eigenvalue weighted by Crippen LogP contribution is 2.32. The summed E-state index contributed by atoms with van der Waals surface area (Å²) in [7, 11) is -1.52. The molecule has 128 valence electrons. The predicted molar refractivity (Wildman–Crippen MR) is 107 cm³/mol. The van der Waals surface area contributed by atoms with Gasteiger partial charge in [0.25, 0.3) is 0 Å². The van der Waals surface area contributed by atoms with Crippen molar-refractivity contribution in [3.8, 4) is 0 Å². The lowest BCUT2D eigenvalue weighted by molar-refractivity contribution is 0.0412. The predicted octanol–water partition coefficient (Wildman–Crippen LogP) is 5.52. The van der Waals surface area contributed by atoms with Crippen molar-refractivity contribution in [2.45, 2.75) is 50.9 Å². The lowest BCUT2D eigenvalue weighted by atomic mass is 9.82. The second kappa shape index (κ2) is 7.95. The SMILES string of the molecule is CC[C@@](C)(O)C(/C=C/[Si](C)(C)Cc1ccccc1)c1ccccc1. The van der Waals surface area contributed by atoms with Crippen molar-refractivity contribution in [1.29, 1.82) is 0 Å². The molecule has 0 radical (unpaired) electrons. The maximum absolute atomic E-state index is 10.9. The molecule has 0 aliphatic carbocycles. The molecule has 2 rings (SSSR count). The van der Waals surface area contributed by atoms with E-state index in [1.54, 1.807) is 0 Å². The van der Waals surface area contributed by atoms with E-state index in [2.05, 4.69) is 86.4 Å². The Hall–Kier alpha value is -1.64. The molecule has 2 atom stereocenters. The van der Waals surface area contributed by atoms with Crippen LogP contribution in [-0.2, 0) is 6.04 Å². The van der Waals surface area contributed by atoms with Crippen LogP contribution >= 0.6 is 0 Å². The Balaban J connectivity index is 2.23. The van der Waals surface area contributed by atoms with Crippen LogP contribution < -0.4 is 0 Å². The summed E-state index contributed by atoms with van der Waals surface area (Å²) in [5.41, 5.74) is 4.26. The van der Waals surface area contributed by atoms with Gasteiger partial charge in [-0.2, -0.15) is 0 Å². The largest absolute Gasteiger partial charge is 0.389 e. The highest BCUT2D eigenvalue weighted by Gasteiger charge is 2.30. The Kier molecular flexibility index (Phi) is 6.19. The van der Waals surface area contributed by atoms with Crippen LogP contribution in [-0.4, -0.2) is 18.8 Å². The molecule has 0 spiro atoms. The van der Waals surface area contributed by atoms with Gasteiger partial charge in [-0.1, -0.05) is 98.0 Å². The summed E-state index contributed by atoms with van der Waals surface area (Å²) in [5, 5.41) is 10.9. The average Bonchev–Trinajstić information content (AvgIpc) is 2.56. The molecule has 0 aliphatic rings. The van der Waals surface area contributed by atoms with Crippen molar-refractivity contribution in [1.82, 2.24) is 0 Å². The van der Waals surface area contributed by atoms with E-state index in [1.165, 1.54) is 11.1 Å². The van der Waals surface area contributed by atoms with Crippen molar-refractivity contribution in [3.05, 3.63) is 83.6 Å². The van der Waals surface area contributed by atoms with Crippen molar-refractivity contribution >= 4 is 8.07 Å². The van der Waals surface area contributed by atoms with E-state index in [9.17, 15) is 5.11 Å². The average molecular weight is 339 g/mol. The third kappa shape index (κ3) is 5.18. The molecule has 0 fully saturated rings. The highest BCUT2D eigenvalue weighted by atomic mass is 28.3. The van der Waals surface area contributed by atoms with Gasteiger partial charge in [0.1, 0.15) is 0 Å². The van der Waals surface area contributed by atoms with Gasteiger partial charge < -0.3 is 5.11 Å². The van der Waals surface area contributed by atoms with Gasteiger partial charge in [-0.3, -0.25) is 0 Å². The van der Waals surface area contributed by atoms with Crippen LogP contribution in [0.2, 0.25) is 13.1 Å². The summed E-state index contributed by atoms with van der Waals surface area (Å²) in [6.45, 7) is 8.77. The topological polar surface area (TPSA) is 20.2 Å². The Morgan fingerprint density at radius 1 is 1.00 bits per heavy atom. The van der Waals surface area contributed by atoms with Crippen LogP contribution in [0.4, 0.5) is 0 Å². The normalized spacial score (nSPS) is 16.0. The van der Waals surface area contributed by atoms with Gasteiger partial charge in [-0.15, -0.1) is 0 Å². The molecular formula is C22H30OSi. The number of hydrogen-bond acceptors (Lipinski definition) is 1. The summed E-state index contributed by atoms with van der Waals surface area (Å²) in [6, 6.07) is 22.2. The maximum Gasteiger partial charge on any atom is 0.0756 e. The fourth-order valence-corrected chi connectivity index (χ4v) is 5.21. The van der Waals surface area contributed by atoms with E-state index in [4.69, 9.17) is 0 Å². The number of aliphatic hydroxyl groups is 1. The second-order valence-electron chi connectivity index (χ2n) is 7.61. The van der Waals surface area contributed by atoms with Crippen LogP contribution in [0, 0.1) is 0 Å². The molecule has 1 unspecified atom stereocenters. The lowest BCUT2D eigenvalue weighted by Crippen LogP contribution is -2.32. The minimum Gasteiger partial charge on any atom is -0.389 e. The van der Waals surface area contributed by atoms with E-state index < -0.39 is 13.7 Å². The summed E-state index contributed by atoms with van der Waals surface area (Å²) >= 11 is 0. The molecule has 24 heavy (non-hydrogen) atoms. The molecule has 2 heteroatoms. The van der Waals surface area contributed by atoms with E-state index in [-0.39, 0.29) is 5.92 Å². The van der Waals surface area contributed by atoms with Crippen LogP contribution in [0.5, 0.6) is 0 Å². The van der Waals surface area contributed by atoms with Crippen molar-refractivity contribution in [2.75, 3.05) is 0 Å². The third-order valence-electron chi connectivity index (χ3n) is 4.79. The Morgan fingerprint density at radius 2 is 1.54 bits per heavy atom. The quantitative estimate of drug-likeness (QED) is 0.659. The highest BCUT2D eigenvalue weighted by molar-refractivity contribution is 6.81. The zero-order valence-electron chi connectivity index (χ0n) is 15.4. The van der Waals surface area contributed by atoms with Crippen LogP contribution in [0.1, 0.15) is 37.3 Å². The molecule has 2 aromatic rings. The molecule has 2 aromatic carbocycles. The van der Waals surface area contributed by atoms with E-state index in [1.807, 2.05) is 13.0 Å². The molecule has 0 heterocycles. The molecule has 1 nitrogen and oxygen atoms in total. The molecule has 0 saturated heterocycles. The number of hydrogen-bond donors (Lipinski definition) is 1. The van der Waals surface area contributed by atoms with Crippen molar-refractivity contribution < 1.29 is 5.11 Å². The van der Waals surface area contributed by atoms with Gasteiger partial charge in [-0.25, -0.2) is 0 Å². The number of benzene rings is 2. The van der Waals surface area contributed by atoms with Gasteiger partial charge in [0.2, 0.25) is 0 Å². The Morgan fingerprint density at radius 3 is 2.08 bits per heavy atom. The maximum atomic E-state index is 10.9. The first-order valence-corrected chi connectivity index (χ1v) is 12.1. The first-order valence-electron chi connectivity index (χ1n) is 8.85. The summed E-state index contributed by atoms with van der Waals surface area (Å²) in [4.78, 5) is 0. The minimum absolute atomic E-state index is 0.0336. The minimum atomic E-state index is -1.52. The van der Waals surface area contributed by atoms with Gasteiger partial charge in [0.05, 0.1) is 13.7 Å². The van der Waals surface area contributed by atoms with Crippen LogP contribution in [0.15, 0.2) is 72.4 Å². The second-order valence-corrected chi connectivity index (χ2v) is 12.3. The molecule has 0 bridgehead atoms.